The largest absolute Gasteiger partial charge is 0.394 e. The fraction of sp³-hybridized carbons (Fsp3) is 0.611. The number of aromatic nitrogens is 1. The molecule has 2 amide bonds. The van der Waals surface area contributed by atoms with E-state index in [1.165, 1.54) is 0 Å². The molecule has 1 saturated carbocycles. The van der Waals surface area contributed by atoms with Crippen molar-refractivity contribution in [1.82, 2.24) is 15.6 Å². The molecular weight excluding hydrogens is 322 g/mol. The number of nitrogens with one attached hydrogen (secondary N) is 2. The third kappa shape index (κ3) is 4.99. The van der Waals surface area contributed by atoms with Gasteiger partial charge in [0.15, 0.2) is 0 Å². The first-order chi connectivity index (χ1) is 12.2. The van der Waals surface area contributed by atoms with Gasteiger partial charge in [0, 0.05) is 18.7 Å². The van der Waals surface area contributed by atoms with E-state index in [0.717, 1.165) is 32.1 Å². The molecule has 3 atom stereocenters. The number of aliphatic hydroxyl groups excluding tert-OH is 1. The maximum atomic E-state index is 12.2. The lowest BCUT2D eigenvalue weighted by Gasteiger charge is -2.36. The van der Waals surface area contributed by atoms with Gasteiger partial charge in [-0.25, -0.2) is 0 Å². The predicted molar refractivity (Wildman–Crippen MR) is 90.8 cm³/mol. The molecular formula is C18H25N3O4. The number of nitrogens with zero attached hydrogens (tertiary/aromatic N) is 1. The number of aliphatic hydroxyl groups is 1. The van der Waals surface area contributed by atoms with Crippen LogP contribution in [0.15, 0.2) is 24.4 Å². The summed E-state index contributed by atoms with van der Waals surface area (Å²) in [7, 11) is 0. The Bertz CT molecular complexity index is 591. The summed E-state index contributed by atoms with van der Waals surface area (Å²) < 4.78 is 5.91. The Kier molecular flexibility index (Phi) is 5.99. The zero-order chi connectivity index (χ0) is 17.6. The monoisotopic (exact) mass is 347 g/mol. The van der Waals surface area contributed by atoms with Crippen molar-refractivity contribution in [2.24, 2.45) is 5.92 Å². The van der Waals surface area contributed by atoms with Crippen molar-refractivity contribution in [3.8, 4) is 0 Å². The van der Waals surface area contributed by atoms with Gasteiger partial charge in [0.1, 0.15) is 11.8 Å². The van der Waals surface area contributed by atoms with Crippen LogP contribution >= 0.6 is 0 Å². The van der Waals surface area contributed by atoms with E-state index in [4.69, 9.17) is 4.74 Å². The molecule has 25 heavy (non-hydrogen) atoms. The molecule has 1 aromatic heterocycles. The van der Waals surface area contributed by atoms with Crippen molar-refractivity contribution in [3.05, 3.63) is 30.1 Å². The average Bonchev–Trinajstić information content (AvgIpc) is 3.48. The molecule has 1 aliphatic carbocycles. The van der Waals surface area contributed by atoms with Crippen LogP contribution in [0.2, 0.25) is 0 Å². The quantitative estimate of drug-likeness (QED) is 0.672. The van der Waals surface area contributed by atoms with Gasteiger partial charge in [0.2, 0.25) is 5.91 Å². The molecule has 0 unspecified atom stereocenters. The lowest BCUT2D eigenvalue weighted by molar-refractivity contribution is -0.122. The molecule has 0 spiro atoms. The highest BCUT2D eigenvalue weighted by molar-refractivity contribution is 5.92. The SMILES string of the molecule is O=C(N[C@H]1CC[C@H](CCNC(=O)C2CC2)O[C@@H]1CO)c1ccccn1. The predicted octanol–water partition coefficient (Wildman–Crippen LogP) is 0.636. The minimum absolute atomic E-state index is 0.0142. The van der Waals surface area contributed by atoms with Crippen LogP contribution in [0.3, 0.4) is 0 Å². The molecule has 7 heteroatoms. The Morgan fingerprint density at radius 3 is 2.76 bits per heavy atom. The van der Waals surface area contributed by atoms with E-state index >= 15 is 0 Å². The van der Waals surface area contributed by atoms with Crippen molar-refractivity contribution < 1.29 is 19.4 Å². The van der Waals surface area contributed by atoms with Crippen LogP contribution in [0.25, 0.3) is 0 Å². The summed E-state index contributed by atoms with van der Waals surface area (Å²) >= 11 is 0. The molecule has 1 aliphatic heterocycles. The van der Waals surface area contributed by atoms with E-state index in [-0.39, 0.29) is 36.5 Å². The third-order valence-corrected chi connectivity index (χ3v) is 4.72. The molecule has 2 fully saturated rings. The lowest BCUT2D eigenvalue weighted by atomic mass is 9.97. The van der Waals surface area contributed by atoms with Crippen LogP contribution in [0.5, 0.6) is 0 Å². The summed E-state index contributed by atoms with van der Waals surface area (Å²) in [6.45, 7) is 0.432. The Hall–Kier alpha value is -1.99. The van der Waals surface area contributed by atoms with E-state index < -0.39 is 6.10 Å². The third-order valence-electron chi connectivity index (χ3n) is 4.72. The summed E-state index contributed by atoms with van der Waals surface area (Å²) in [5.41, 5.74) is 0.351. The molecule has 7 nitrogen and oxygen atoms in total. The Morgan fingerprint density at radius 1 is 1.24 bits per heavy atom. The first-order valence-corrected chi connectivity index (χ1v) is 8.93. The number of carbonyl (C=O) groups is 2. The number of hydrogen-bond donors (Lipinski definition) is 3. The molecule has 3 rings (SSSR count). The van der Waals surface area contributed by atoms with Crippen LogP contribution in [-0.2, 0) is 9.53 Å². The van der Waals surface area contributed by atoms with Gasteiger partial charge in [-0.1, -0.05) is 6.07 Å². The van der Waals surface area contributed by atoms with E-state index in [1.54, 1.807) is 24.4 Å². The van der Waals surface area contributed by atoms with Crippen LogP contribution in [0, 0.1) is 5.92 Å². The van der Waals surface area contributed by atoms with Gasteiger partial charge in [-0.15, -0.1) is 0 Å². The number of ether oxygens (including phenoxy) is 1. The van der Waals surface area contributed by atoms with E-state index in [2.05, 4.69) is 15.6 Å². The molecule has 1 aromatic rings. The molecule has 0 aromatic carbocycles. The Labute approximate surface area is 147 Å². The van der Waals surface area contributed by atoms with E-state index in [0.29, 0.717) is 12.2 Å². The molecule has 1 saturated heterocycles. The van der Waals surface area contributed by atoms with Gasteiger partial charge in [-0.2, -0.15) is 0 Å². The first kappa shape index (κ1) is 17.8. The molecule has 2 aliphatic rings. The number of rotatable bonds is 7. The van der Waals surface area contributed by atoms with Crippen molar-refractivity contribution in [3.63, 3.8) is 0 Å². The van der Waals surface area contributed by atoms with E-state index in [9.17, 15) is 14.7 Å². The fourth-order valence-corrected chi connectivity index (χ4v) is 3.09. The second-order valence-electron chi connectivity index (χ2n) is 6.71. The molecule has 2 heterocycles. The summed E-state index contributed by atoms with van der Waals surface area (Å²) in [6.07, 6.45) is 5.34. The zero-order valence-corrected chi connectivity index (χ0v) is 14.2. The maximum Gasteiger partial charge on any atom is 0.270 e. The average molecular weight is 347 g/mol. The highest BCUT2D eigenvalue weighted by atomic mass is 16.5. The van der Waals surface area contributed by atoms with Crippen molar-refractivity contribution in [2.75, 3.05) is 13.2 Å². The van der Waals surface area contributed by atoms with Crippen molar-refractivity contribution in [1.29, 1.82) is 0 Å². The number of amides is 2. The second-order valence-corrected chi connectivity index (χ2v) is 6.71. The molecule has 0 bridgehead atoms. The van der Waals surface area contributed by atoms with E-state index in [1.807, 2.05) is 0 Å². The zero-order valence-electron chi connectivity index (χ0n) is 14.2. The van der Waals surface area contributed by atoms with Crippen LogP contribution in [0.1, 0.15) is 42.6 Å². The standard InChI is InChI=1S/C18H25N3O4/c22-11-16-14(21-18(24)15-3-1-2-9-19-15)7-6-13(25-16)8-10-20-17(23)12-4-5-12/h1-3,9,12-14,16,22H,4-8,10-11H2,(H,20,23)(H,21,24)/t13-,14+,16-/m1/s1. The summed E-state index contributed by atoms with van der Waals surface area (Å²) in [4.78, 5) is 27.9. The van der Waals surface area contributed by atoms with Gasteiger partial charge in [-0.05, 0) is 44.2 Å². The number of pyridine rings is 1. The van der Waals surface area contributed by atoms with Gasteiger partial charge in [0.05, 0.1) is 18.8 Å². The van der Waals surface area contributed by atoms with Gasteiger partial charge in [-0.3, -0.25) is 14.6 Å². The van der Waals surface area contributed by atoms with Gasteiger partial charge < -0.3 is 20.5 Å². The summed E-state index contributed by atoms with van der Waals surface area (Å²) in [5.74, 6) is 0.0847. The fourth-order valence-electron chi connectivity index (χ4n) is 3.09. The minimum Gasteiger partial charge on any atom is -0.394 e. The van der Waals surface area contributed by atoms with Gasteiger partial charge in [0.25, 0.3) is 5.91 Å². The number of hydrogen-bond acceptors (Lipinski definition) is 5. The second kappa shape index (κ2) is 8.40. The topological polar surface area (TPSA) is 101 Å². The Morgan fingerprint density at radius 2 is 2.08 bits per heavy atom. The highest BCUT2D eigenvalue weighted by Gasteiger charge is 2.33. The summed E-state index contributed by atoms with van der Waals surface area (Å²) in [5, 5.41) is 15.4. The number of carbonyl (C=O) groups excluding carboxylic acids is 2. The molecule has 3 N–H and O–H groups in total. The Balaban J connectivity index is 1.44. The van der Waals surface area contributed by atoms with Crippen LogP contribution < -0.4 is 10.6 Å². The van der Waals surface area contributed by atoms with Crippen molar-refractivity contribution in [2.45, 2.75) is 50.4 Å². The van der Waals surface area contributed by atoms with Crippen molar-refractivity contribution >= 4 is 11.8 Å². The maximum absolute atomic E-state index is 12.2. The first-order valence-electron chi connectivity index (χ1n) is 8.93. The van der Waals surface area contributed by atoms with Gasteiger partial charge >= 0.3 is 0 Å². The summed E-state index contributed by atoms with van der Waals surface area (Å²) in [6, 6.07) is 4.92. The normalized spacial score (nSPS) is 26.0. The smallest absolute Gasteiger partial charge is 0.270 e. The molecule has 136 valence electrons. The van der Waals surface area contributed by atoms with Crippen LogP contribution in [-0.4, -0.2) is 53.3 Å². The highest BCUT2D eigenvalue weighted by Crippen LogP contribution is 2.28. The van der Waals surface area contributed by atoms with Crippen LogP contribution in [0.4, 0.5) is 0 Å². The molecule has 0 radical (unpaired) electrons. The minimum atomic E-state index is -0.439. The lowest BCUT2D eigenvalue weighted by Crippen LogP contribution is -2.51.